The average molecular weight is 278 g/mol. The quantitative estimate of drug-likeness (QED) is 0.806. The maximum absolute atomic E-state index is 11.7. The van der Waals surface area contributed by atoms with E-state index in [9.17, 15) is 4.79 Å². The smallest absolute Gasteiger partial charge is 0.258 e. The summed E-state index contributed by atoms with van der Waals surface area (Å²) in [6.07, 6.45) is 0. The molecule has 0 aromatic heterocycles. The third-order valence-corrected chi connectivity index (χ3v) is 2.95. The number of carbonyl (C=O) groups excluding carboxylic acids is 1. The van der Waals surface area contributed by atoms with Crippen molar-refractivity contribution >= 4 is 5.91 Å². The van der Waals surface area contributed by atoms with Crippen molar-refractivity contribution in [2.24, 2.45) is 0 Å². The van der Waals surface area contributed by atoms with Crippen molar-refractivity contribution in [3.8, 4) is 5.75 Å². The molecule has 0 aliphatic rings. The van der Waals surface area contributed by atoms with Gasteiger partial charge in [0.15, 0.2) is 6.61 Å². The van der Waals surface area contributed by atoms with Crippen LogP contribution in [-0.2, 0) is 4.79 Å². The molecule has 1 atom stereocenters. The fourth-order valence-electron chi connectivity index (χ4n) is 2.05. The van der Waals surface area contributed by atoms with E-state index in [0.717, 1.165) is 23.4 Å². The van der Waals surface area contributed by atoms with Gasteiger partial charge in [-0.1, -0.05) is 19.1 Å². The number of benzene rings is 1. The zero-order chi connectivity index (χ0) is 15.1. The van der Waals surface area contributed by atoms with Gasteiger partial charge >= 0.3 is 0 Å². The molecular formula is C16H26N2O2. The zero-order valence-corrected chi connectivity index (χ0v) is 13.1. The van der Waals surface area contributed by atoms with E-state index in [1.165, 1.54) is 0 Å². The number of hydrogen-bond donors (Lipinski definition) is 2. The topological polar surface area (TPSA) is 50.4 Å². The molecule has 0 bridgehead atoms. The number of hydrogen-bond acceptors (Lipinski definition) is 3. The van der Waals surface area contributed by atoms with E-state index < -0.39 is 0 Å². The van der Waals surface area contributed by atoms with Crippen LogP contribution in [0.4, 0.5) is 0 Å². The Bertz CT molecular complexity index is 444. The van der Waals surface area contributed by atoms with Crippen molar-refractivity contribution < 1.29 is 9.53 Å². The standard InChI is InChI=1S/C16H26N2O2/c1-6-17-13(5)14-8-7-12(4)9-15(14)20-10-16(19)18-11(2)3/h7-9,11,13,17H,6,10H2,1-5H3,(H,18,19). The van der Waals surface area contributed by atoms with Crippen molar-refractivity contribution in [2.75, 3.05) is 13.2 Å². The molecule has 112 valence electrons. The minimum Gasteiger partial charge on any atom is -0.483 e. The van der Waals surface area contributed by atoms with Gasteiger partial charge in [-0.2, -0.15) is 0 Å². The van der Waals surface area contributed by atoms with Crippen LogP contribution in [0.2, 0.25) is 0 Å². The molecular weight excluding hydrogens is 252 g/mol. The first-order valence-electron chi connectivity index (χ1n) is 7.20. The number of amides is 1. The van der Waals surface area contributed by atoms with Crippen molar-refractivity contribution in [3.05, 3.63) is 29.3 Å². The number of aryl methyl sites for hydroxylation is 1. The number of carbonyl (C=O) groups is 1. The van der Waals surface area contributed by atoms with E-state index in [-0.39, 0.29) is 24.6 Å². The summed E-state index contributed by atoms with van der Waals surface area (Å²) in [5.41, 5.74) is 2.20. The molecule has 1 rings (SSSR count). The van der Waals surface area contributed by atoms with Crippen LogP contribution in [0.3, 0.4) is 0 Å². The summed E-state index contributed by atoms with van der Waals surface area (Å²) in [6, 6.07) is 6.42. The zero-order valence-electron chi connectivity index (χ0n) is 13.1. The molecule has 4 nitrogen and oxygen atoms in total. The first-order valence-corrected chi connectivity index (χ1v) is 7.20. The molecule has 0 radical (unpaired) electrons. The van der Waals surface area contributed by atoms with Gasteiger partial charge in [-0.15, -0.1) is 0 Å². The summed E-state index contributed by atoms with van der Waals surface area (Å²) >= 11 is 0. The maximum atomic E-state index is 11.7. The van der Waals surface area contributed by atoms with Gasteiger partial charge < -0.3 is 15.4 Å². The molecule has 4 heteroatoms. The van der Waals surface area contributed by atoms with E-state index >= 15 is 0 Å². The fourth-order valence-corrected chi connectivity index (χ4v) is 2.05. The Morgan fingerprint density at radius 3 is 2.60 bits per heavy atom. The fraction of sp³-hybridized carbons (Fsp3) is 0.562. The lowest BCUT2D eigenvalue weighted by Crippen LogP contribution is -2.34. The van der Waals surface area contributed by atoms with Gasteiger partial charge in [0.1, 0.15) is 5.75 Å². The molecule has 1 aromatic carbocycles. The summed E-state index contributed by atoms with van der Waals surface area (Å²) in [7, 11) is 0. The molecule has 0 aliphatic carbocycles. The second-order valence-corrected chi connectivity index (χ2v) is 5.33. The molecule has 0 spiro atoms. The Kier molecular flexibility index (Phi) is 6.52. The van der Waals surface area contributed by atoms with Gasteiger partial charge in [0.25, 0.3) is 5.91 Å². The normalized spacial score (nSPS) is 12.3. The highest BCUT2D eigenvalue weighted by Gasteiger charge is 2.12. The van der Waals surface area contributed by atoms with E-state index in [2.05, 4.69) is 36.6 Å². The lowest BCUT2D eigenvalue weighted by atomic mass is 10.0. The van der Waals surface area contributed by atoms with Gasteiger partial charge in [0, 0.05) is 17.6 Å². The van der Waals surface area contributed by atoms with Crippen molar-refractivity contribution in [1.82, 2.24) is 10.6 Å². The molecule has 1 amide bonds. The first-order chi connectivity index (χ1) is 9.43. The van der Waals surface area contributed by atoms with E-state index in [0.29, 0.717) is 0 Å². The molecule has 0 saturated carbocycles. The minimum absolute atomic E-state index is 0.0491. The van der Waals surface area contributed by atoms with Gasteiger partial charge in [-0.3, -0.25) is 4.79 Å². The van der Waals surface area contributed by atoms with Crippen LogP contribution in [-0.4, -0.2) is 25.1 Å². The van der Waals surface area contributed by atoms with Crippen LogP contribution in [0.1, 0.15) is 44.9 Å². The Morgan fingerprint density at radius 1 is 1.30 bits per heavy atom. The Morgan fingerprint density at radius 2 is 2.00 bits per heavy atom. The monoisotopic (exact) mass is 278 g/mol. The summed E-state index contributed by atoms with van der Waals surface area (Å²) in [4.78, 5) is 11.7. The summed E-state index contributed by atoms with van der Waals surface area (Å²) in [5, 5.41) is 6.18. The third kappa shape index (κ3) is 5.21. The van der Waals surface area contributed by atoms with Crippen molar-refractivity contribution in [2.45, 2.75) is 46.7 Å². The predicted molar refractivity (Wildman–Crippen MR) is 82.0 cm³/mol. The van der Waals surface area contributed by atoms with Crippen LogP contribution in [0.5, 0.6) is 5.75 Å². The minimum atomic E-state index is -0.0939. The van der Waals surface area contributed by atoms with E-state index in [4.69, 9.17) is 4.74 Å². The summed E-state index contributed by atoms with van der Waals surface area (Å²) < 4.78 is 5.70. The van der Waals surface area contributed by atoms with Crippen LogP contribution in [0.25, 0.3) is 0 Å². The average Bonchev–Trinajstić information content (AvgIpc) is 2.36. The van der Waals surface area contributed by atoms with E-state index in [1.54, 1.807) is 0 Å². The SMILES string of the molecule is CCNC(C)c1ccc(C)cc1OCC(=O)NC(C)C. The maximum Gasteiger partial charge on any atom is 0.258 e. The van der Waals surface area contributed by atoms with Crippen molar-refractivity contribution in [3.63, 3.8) is 0 Å². The predicted octanol–water partition coefficient (Wildman–Crippen LogP) is 2.57. The molecule has 2 N–H and O–H groups in total. The Labute approximate surface area is 121 Å². The van der Waals surface area contributed by atoms with Crippen LogP contribution < -0.4 is 15.4 Å². The largest absolute Gasteiger partial charge is 0.483 e. The molecule has 0 fully saturated rings. The highest BCUT2D eigenvalue weighted by molar-refractivity contribution is 5.77. The summed E-state index contributed by atoms with van der Waals surface area (Å²) in [5.74, 6) is 0.681. The number of rotatable bonds is 7. The molecule has 1 aromatic rings. The first kappa shape index (κ1) is 16.5. The van der Waals surface area contributed by atoms with Gasteiger partial charge in [0.2, 0.25) is 0 Å². The van der Waals surface area contributed by atoms with E-state index in [1.807, 2.05) is 26.8 Å². The molecule has 20 heavy (non-hydrogen) atoms. The van der Waals surface area contributed by atoms with Crippen LogP contribution in [0.15, 0.2) is 18.2 Å². The molecule has 0 saturated heterocycles. The second kappa shape index (κ2) is 7.90. The third-order valence-electron chi connectivity index (χ3n) is 2.95. The molecule has 1 unspecified atom stereocenters. The lowest BCUT2D eigenvalue weighted by Gasteiger charge is -2.18. The second-order valence-electron chi connectivity index (χ2n) is 5.33. The molecule has 0 aliphatic heterocycles. The Hall–Kier alpha value is -1.55. The van der Waals surface area contributed by atoms with Crippen LogP contribution >= 0.6 is 0 Å². The lowest BCUT2D eigenvalue weighted by molar-refractivity contribution is -0.123. The highest BCUT2D eigenvalue weighted by Crippen LogP contribution is 2.26. The van der Waals surface area contributed by atoms with Crippen LogP contribution in [0, 0.1) is 6.92 Å². The van der Waals surface area contributed by atoms with Gasteiger partial charge in [0.05, 0.1) is 0 Å². The summed E-state index contributed by atoms with van der Waals surface area (Å²) in [6.45, 7) is 11.0. The number of ether oxygens (including phenoxy) is 1. The highest BCUT2D eigenvalue weighted by atomic mass is 16.5. The number of nitrogens with one attached hydrogen (secondary N) is 2. The van der Waals surface area contributed by atoms with Gasteiger partial charge in [-0.25, -0.2) is 0 Å². The van der Waals surface area contributed by atoms with Gasteiger partial charge in [-0.05, 0) is 45.9 Å². The van der Waals surface area contributed by atoms with Crippen molar-refractivity contribution in [1.29, 1.82) is 0 Å². The Balaban J connectivity index is 2.77. The molecule has 0 heterocycles.